The molecule has 1 fully saturated rings. The van der Waals surface area contributed by atoms with Gasteiger partial charge >= 0.3 is 5.63 Å². The molecule has 1 aliphatic carbocycles. The molecule has 0 unspecified atom stereocenters. The lowest BCUT2D eigenvalue weighted by Gasteiger charge is -2.29. The van der Waals surface area contributed by atoms with E-state index in [1.54, 1.807) is 19.9 Å². The predicted molar refractivity (Wildman–Crippen MR) is 106 cm³/mol. The van der Waals surface area contributed by atoms with Crippen molar-refractivity contribution in [1.29, 1.82) is 0 Å². The monoisotopic (exact) mass is 400 g/mol. The highest BCUT2D eigenvalue weighted by Gasteiger charge is 2.23. The minimum absolute atomic E-state index is 0.239. The van der Waals surface area contributed by atoms with Crippen LogP contribution < -0.4 is 20.8 Å². The maximum atomic E-state index is 12.4. The molecule has 7 heteroatoms. The number of rotatable bonds is 6. The zero-order valence-corrected chi connectivity index (χ0v) is 16.9. The fourth-order valence-electron chi connectivity index (χ4n) is 3.86. The van der Waals surface area contributed by atoms with Crippen LogP contribution in [0.15, 0.2) is 27.4 Å². The highest BCUT2D eigenvalue weighted by molar-refractivity contribution is 5.85. The van der Waals surface area contributed by atoms with E-state index in [4.69, 9.17) is 9.15 Å². The molecule has 0 aliphatic heterocycles. The van der Waals surface area contributed by atoms with Gasteiger partial charge in [-0.2, -0.15) is 0 Å². The van der Waals surface area contributed by atoms with E-state index in [1.165, 1.54) is 6.07 Å². The molecule has 7 nitrogen and oxygen atoms in total. The third kappa shape index (κ3) is 4.78. The van der Waals surface area contributed by atoms with E-state index in [1.807, 2.05) is 13.0 Å². The highest BCUT2D eigenvalue weighted by Crippen LogP contribution is 2.29. The van der Waals surface area contributed by atoms with Crippen molar-refractivity contribution in [1.82, 2.24) is 5.32 Å². The van der Waals surface area contributed by atoms with Crippen molar-refractivity contribution in [3.63, 3.8) is 0 Å². The second kappa shape index (κ2) is 8.68. The van der Waals surface area contributed by atoms with Crippen LogP contribution in [0.2, 0.25) is 0 Å². The Morgan fingerprint density at radius 2 is 1.93 bits per heavy atom. The Morgan fingerprint density at radius 3 is 2.59 bits per heavy atom. The number of aryl methyl sites for hydroxylation is 2. The van der Waals surface area contributed by atoms with Crippen LogP contribution in [-0.4, -0.2) is 24.5 Å². The molecule has 3 rings (SSSR count). The van der Waals surface area contributed by atoms with Gasteiger partial charge in [0.05, 0.1) is 0 Å². The normalized spacial score (nSPS) is 20.2. The molecule has 1 aliphatic rings. The summed E-state index contributed by atoms with van der Waals surface area (Å²) >= 11 is 0. The van der Waals surface area contributed by atoms with E-state index in [0.717, 1.165) is 23.8 Å². The molecule has 1 heterocycles. The van der Waals surface area contributed by atoms with E-state index in [2.05, 4.69) is 5.32 Å². The summed E-state index contributed by atoms with van der Waals surface area (Å²) in [5.74, 6) is -0.836. The zero-order valence-electron chi connectivity index (χ0n) is 16.9. The topological polar surface area (TPSA) is 109 Å². The minimum atomic E-state index is -0.980. The first kappa shape index (κ1) is 20.9. The van der Waals surface area contributed by atoms with E-state index in [9.17, 15) is 19.5 Å². The third-order valence-electron chi connectivity index (χ3n) is 5.74. The number of hydrogen-bond donors (Lipinski definition) is 1. The quantitative estimate of drug-likeness (QED) is 0.741. The number of benzene rings is 1. The van der Waals surface area contributed by atoms with Gasteiger partial charge < -0.3 is 24.4 Å². The van der Waals surface area contributed by atoms with Gasteiger partial charge in [0.15, 0.2) is 6.10 Å². The summed E-state index contributed by atoms with van der Waals surface area (Å²) in [5.41, 5.74) is 1.54. The molecule has 0 bridgehead atoms. The van der Waals surface area contributed by atoms with Crippen LogP contribution in [0.25, 0.3) is 11.0 Å². The number of carbonyl (C=O) groups excluding carboxylic acids is 2. The molecular weight excluding hydrogens is 374 g/mol. The average Bonchev–Trinajstić information content (AvgIpc) is 2.68. The molecule has 29 heavy (non-hydrogen) atoms. The van der Waals surface area contributed by atoms with Gasteiger partial charge in [-0.15, -0.1) is 0 Å². The third-order valence-corrected chi connectivity index (χ3v) is 5.74. The van der Waals surface area contributed by atoms with Gasteiger partial charge in [-0.05, 0) is 76.0 Å². The van der Waals surface area contributed by atoms with E-state index >= 15 is 0 Å². The van der Waals surface area contributed by atoms with Crippen LogP contribution in [0, 0.1) is 25.7 Å². The lowest BCUT2D eigenvalue weighted by molar-refractivity contribution is -0.312. The predicted octanol–water partition coefficient (Wildman–Crippen LogP) is 1.85. The molecule has 1 N–H and O–H groups in total. The van der Waals surface area contributed by atoms with Crippen LogP contribution in [0.3, 0.4) is 0 Å². The summed E-state index contributed by atoms with van der Waals surface area (Å²) in [5, 5.41) is 14.6. The Labute approximate surface area is 169 Å². The van der Waals surface area contributed by atoms with Crippen molar-refractivity contribution in [2.75, 3.05) is 6.54 Å². The zero-order chi connectivity index (χ0) is 21.1. The second-order valence-corrected chi connectivity index (χ2v) is 7.86. The van der Waals surface area contributed by atoms with Gasteiger partial charge in [-0.25, -0.2) is 4.79 Å². The number of hydrogen-bond acceptors (Lipinski definition) is 6. The molecule has 1 aromatic heterocycles. The lowest BCUT2D eigenvalue weighted by Crippen LogP contribution is -2.40. The minimum Gasteiger partial charge on any atom is -0.550 e. The SMILES string of the molecule is Cc1cc(=O)oc2c(C)c(O[C@H](C)C(=O)NCC3CCC(C(=O)[O-])CC3)ccc12. The molecule has 0 saturated heterocycles. The fourth-order valence-corrected chi connectivity index (χ4v) is 3.86. The summed E-state index contributed by atoms with van der Waals surface area (Å²) in [6.07, 6.45) is 1.99. The Bertz CT molecular complexity index is 971. The maximum Gasteiger partial charge on any atom is 0.336 e. The fraction of sp³-hybridized carbons (Fsp3) is 0.500. The Morgan fingerprint density at radius 1 is 1.24 bits per heavy atom. The maximum absolute atomic E-state index is 12.4. The van der Waals surface area contributed by atoms with Crippen LogP contribution in [0.1, 0.15) is 43.7 Å². The molecule has 156 valence electrons. The van der Waals surface area contributed by atoms with Crippen molar-refractivity contribution in [2.45, 2.75) is 52.6 Å². The first-order valence-corrected chi connectivity index (χ1v) is 9.95. The van der Waals surface area contributed by atoms with Crippen LogP contribution in [0.5, 0.6) is 5.75 Å². The van der Waals surface area contributed by atoms with Crippen molar-refractivity contribution in [3.8, 4) is 5.75 Å². The van der Waals surface area contributed by atoms with Gasteiger partial charge in [0.2, 0.25) is 0 Å². The molecular formula is C22H26NO6-. The van der Waals surface area contributed by atoms with E-state index in [-0.39, 0.29) is 17.7 Å². The second-order valence-electron chi connectivity index (χ2n) is 7.86. The van der Waals surface area contributed by atoms with Gasteiger partial charge in [0.25, 0.3) is 5.91 Å². The van der Waals surface area contributed by atoms with Crippen molar-refractivity contribution >= 4 is 22.8 Å². The van der Waals surface area contributed by atoms with Crippen molar-refractivity contribution in [3.05, 3.63) is 39.7 Å². The number of ether oxygens (including phenoxy) is 1. The smallest absolute Gasteiger partial charge is 0.336 e. The molecule has 0 radical (unpaired) electrons. The summed E-state index contributed by atoms with van der Waals surface area (Å²) < 4.78 is 11.1. The number of carbonyl (C=O) groups is 2. The molecule has 0 spiro atoms. The largest absolute Gasteiger partial charge is 0.550 e. The van der Waals surface area contributed by atoms with Gasteiger partial charge in [0.1, 0.15) is 11.3 Å². The summed E-state index contributed by atoms with van der Waals surface area (Å²) in [7, 11) is 0. The number of fused-ring (bicyclic) bond motifs is 1. The number of nitrogens with one attached hydrogen (secondary N) is 1. The van der Waals surface area contributed by atoms with Gasteiger partial charge in [-0.1, -0.05) is 0 Å². The van der Waals surface area contributed by atoms with Crippen molar-refractivity contribution in [2.24, 2.45) is 11.8 Å². The average molecular weight is 400 g/mol. The number of carboxylic acid groups (broad SMARTS) is 1. The van der Waals surface area contributed by atoms with E-state index in [0.29, 0.717) is 36.3 Å². The first-order valence-electron chi connectivity index (χ1n) is 9.95. The molecule has 1 aromatic carbocycles. The molecule has 1 amide bonds. The van der Waals surface area contributed by atoms with Gasteiger partial charge in [0, 0.05) is 29.5 Å². The summed E-state index contributed by atoms with van der Waals surface area (Å²) in [6.45, 7) is 5.80. The van der Waals surface area contributed by atoms with Gasteiger partial charge in [-0.3, -0.25) is 4.79 Å². The summed E-state index contributed by atoms with van der Waals surface area (Å²) in [6, 6.07) is 5.03. The van der Waals surface area contributed by atoms with Crippen LogP contribution in [-0.2, 0) is 9.59 Å². The van der Waals surface area contributed by atoms with Crippen LogP contribution >= 0.6 is 0 Å². The summed E-state index contributed by atoms with van der Waals surface area (Å²) in [4.78, 5) is 35.0. The number of carboxylic acids is 1. The Hall–Kier alpha value is -2.83. The lowest BCUT2D eigenvalue weighted by atomic mass is 9.82. The highest BCUT2D eigenvalue weighted by atomic mass is 16.5. The first-order chi connectivity index (χ1) is 13.8. The molecule has 2 aromatic rings. The standard InChI is InChI=1S/C22H27NO6/c1-12-10-19(24)29-20-13(2)18(9-8-17(12)20)28-14(3)21(25)23-11-15-4-6-16(7-5-15)22(26)27/h8-10,14-16H,4-7,11H2,1-3H3,(H,23,25)(H,26,27)/p-1/t14-,15?,16?/m1/s1. The molecule has 1 saturated carbocycles. The number of amides is 1. The van der Waals surface area contributed by atoms with Crippen LogP contribution in [0.4, 0.5) is 0 Å². The van der Waals surface area contributed by atoms with Crippen molar-refractivity contribution < 1.29 is 23.8 Å². The van der Waals surface area contributed by atoms with E-state index < -0.39 is 17.7 Å². The Kier molecular flexibility index (Phi) is 6.25. The molecule has 1 atom stereocenters. The Balaban J connectivity index is 1.59. The number of aliphatic carboxylic acids is 1.